The Morgan fingerprint density at radius 1 is 1.04 bits per heavy atom. The van der Waals surface area contributed by atoms with Gasteiger partial charge >= 0.3 is 13.8 Å². The Hall–Kier alpha value is -2.40. The normalized spacial score (nSPS) is 15.5. The molecular formula is C13H15N2O10P. The summed E-state index contributed by atoms with van der Waals surface area (Å²) < 4.78 is 31.2. The van der Waals surface area contributed by atoms with Gasteiger partial charge in [-0.2, -0.15) is 0 Å². The molecule has 0 spiro atoms. The van der Waals surface area contributed by atoms with Crippen LogP contribution in [0, 0.1) is 20.2 Å². The lowest BCUT2D eigenvalue weighted by Gasteiger charge is -2.09. The van der Waals surface area contributed by atoms with Crippen molar-refractivity contribution in [1.29, 1.82) is 0 Å². The summed E-state index contributed by atoms with van der Waals surface area (Å²) in [5.41, 5.74) is -1.46. The number of ether oxygens (including phenoxy) is 1. The molecule has 0 atom stereocenters. The molecule has 1 fully saturated rings. The summed E-state index contributed by atoms with van der Waals surface area (Å²) in [4.78, 5) is 31.8. The molecule has 0 N–H and O–H groups in total. The van der Waals surface area contributed by atoms with Gasteiger partial charge in [0, 0.05) is 12.1 Å². The zero-order valence-corrected chi connectivity index (χ0v) is 14.3. The summed E-state index contributed by atoms with van der Waals surface area (Å²) in [6, 6.07) is 2.56. The summed E-state index contributed by atoms with van der Waals surface area (Å²) in [6.45, 7) is 0.413. The number of hydrogen-bond acceptors (Lipinski definition) is 10. The van der Waals surface area contributed by atoms with E-state index < -0.39 is 35.0 Å². The fourth-order valence-corrected chi connectivity index (χ4v) is 3.14. The molecule has 13 heteroatoms. The van der Waals surface area contributed by atoms with Gasteiger partial charge in [-0.15, -0.1) is 0 Å². The van der Waals surface area contributed by atoms with Gasteiger partial charge in [-0.1, -0.05) is 0 Å². The maximum absolute atomic E-state index is 11.9. The summed E-state index contributed by atoms with van der Waals surface area (Å²) in [5.74, 6) is -0.923. The van der Waals surface area contributed by atoms with Crippen molar-refractivity contribution >= 4 is 25.2 Å². The zero-order chi connectivity index (χ0) is 19.2. The Bertz CT molecular complexity index is 710. The molecular weight excluding hydrogens is 375 g/mol. The van der Waals surface area contributed by atoms with Crippen molar-refractivity contribution in [3.05, 3.63) is 44.0 Å². The molecule has 0 saturated carbocycles. The number of carbonyl (C=O) groups excluding carboxylic acids is 1. The van der Waals surface area contributed by atoms with Gasteiger partial charge in [0.25, 0.3) is 11.4 Å². The van der Waals surface area contributed by atoms with E-state index in [1.807, 2.05) is 0 Å². The van der Waals surface area contributed by atoms with Crippen molar-refractivity contribution in [3.63, 3.8) is 0 Å². The third-order valence-corrected chi connectivity index (χ3v) is 4.66. The molecule has 0 bridgehead atoms. The second kappa shape index (κ2) is 8.81. The molecule has 1 heterocycles. The van der Waals surface area contributed by atoms with Crippen molar-refractivity contribution in [2.45, 2.75) is 12.8 Å². The van der Waals surface area contributed by atoms with E-state index in [2.05, 4.69) is 0 Å². The molecule has 142 valence electrons. The number of benzene rings is 1. The lowest BCUT2D eigenvalue weighted by molar-refractivity contribution is -0.394. The molecule has 0 aliphatic carbocycles. The minimum absolute atomic E-state index is 0.0509. The Kier molecular flexibility index (Phi) is 6.75. The first-order valence-electron chi connectivity index (χ1n) is 7.45. The number of phosphoric ester groups is 1. The first kappa shape index (κ1) is 19.9. The first-order valence-corrected chi connectivity index (χ1v) is 8.91. The van der Waals surface area contributed by atoms with Crippen LogP contribution in [0.2, 0.25) is 0 Å². The number of unbranched alkanes of at least 4 members (excludes halogenated alkanes) is 1. The number of non-ortho nitro benzene ring substituents is 2. The van der Waals surface area contributed by atoms with Crippen LogP contribution >= 0.6 is 7.82 Å². The number of phosphoric acid groups is 1. The quantitative estimate of drug-likeness (QED) is 0.202. The molecule has 1 saturated heterocycles. The SMILES string of the molecule is O=C(OCCCCOP1(=O)OCCO1)c1cc([N+](=O)[O-])cc([N+](=O)[O-])c1. The van der Waals surface area contributed by atoms with Crippen LogP contribution in [0.1, 0.15) is 23.2 Å². The molecule has 0 unspecified atom stereocenters. The number of rotatable bonds is 9. The largest absolute Gasteiger partial charge is 0.474 e. The van der Waals surface area contributed by atoms with E-state index in [1.165, 1.54) is 0 Å². The van der Waals surface area contributed by atoms with Crippen molar-refractivity contribution < 1.29 is 37.5 Å². The predicted molar refractivity (Wildman–Crippen MR) is 84.7 cm³/mol. The van der Waals surface area contributed by atoms with Crippen LogP contribution in [0.4, 0.5) is 11.4 Å². The standard InChI is InChI=1S/C13H15N2O10P/c16-13(10-7-11(14(17)18)9-12(8-10)15(19)20)22-3-1-2-4-23-26(21)24-5-6-25-26/h7-9H,1-6H2. The molecule has 0 radical (unpaired) electrons. The number of hydrogen-bond donors (Lipinski definition) is 0. The van der Waals surface area contributed by atoms with Gasteiger partial charge in [-0.3, -0.25) is 33.8 Å². The lowest BCUT2D eigenvalue weighted by Crippen LogP contribution is -2.08. The summed E-state index contributed by atoms with van der Waals surface area (Å²) >= 11 is 0. The van der Waals surface area contributed by atoms with E-state index in [4.69, 9.17) is 18.3 Å². The van der Waals surface area contributed by atoms with E-state index >= 15 is 0 Å². The smallest absolute Gasteiger partial charge is 0.462 e. The Morgan fingerprint density at radius 2 is 1.58 bits per heavy atom. The number of carbonyl (C=O) groups is 1. The molecule has 12 nitrogen and oxygen atoms in total. The first-order chi connectivity index (χ1) is 12.3. The maximum Gasteiger partial charge on any atom is 0.474 e. The van der Waals surface area contributed by atoms with Crippen molar-refractivity contribution in [3.8, 4) is 0 Å². The Morgan fingerprint density at radius 3 is 2.12 bits per heavy atom. The van der Waals surface area contributed by atoms with E-state index in [-0.39, 0.29) is 32.0 Å². The van der Waals surface area contributed by atoms with Crippen LogP contribution in [-0.2, 0) is 22.9 Å². The number of nitro groups is 2. The fourth-order valence-electron chi connectivity index (χ4n) is 1.96. The minimum atomic E-state index is -3.45. The van der Waals surface area contributed by atoms with Crippen LogP contribution in [0.3, 0.4) is 0 Å². The van der Waals surface area contributed by atoms with Crippen LogP contribution in [0.15, 0.2) is 18.2 Å². The number of nitro benzene ring substituents is 2. The van der Waals surface area contributed by atoms with Gasteiger partial charge in [-0.05, 0) is 12.8 Å². The van der Waals surface area contributed by atoms with E-state index in [1.54, 1.807) is 0 Å². The molecule has 1 aromatic carbocycles. The second-order valence-corrected chi connectivity index (χ2v) is 6.71. The van der Waals surface area contributed by atoms with Crippen LogP contribution < -0.4 is 0 Å². The Balaban J connectivity index is 1.81. The average molecular weight is 390 g/mol. The monoisotopic (exact) mass is 390 g/mol. The summed E-state index contributed by atoms with van der Waals surface area (Å²) in [5, 5.41) is 21.6. The molecule has 1 aliphatic rings. The van der Waals surface area contributed by atoms with Crippen molar-refractivity contribution in [1.82, 2.24) is 0 Å². The van der Waals surface area contributed by atoms with Gasteiger partial charge in [0.15, 0.2) is 0 Å². The second-order valence-electron chi connectivity index (χ2n) is 5.04. The molecule has 2 rings (SSSR count). The Labute approximate surface area is 146 Å². The van der Waals surface area contributed by atoms with Gasteiger partial charge in [-0.25, -0.2) is 9.36 Å². The van der Waals surface area contributed by atoms with Crippen LogP contribution in [-0.4, -0.2) is 42.2 Å². The lowest BCUT2D eigenvalue weighted by atomic mass is 10.2. The highest BCUT2D eigenvalue weighted by atomic mass is 31.2. The average Bonchev–Trinajstić information content (AvgIpc) is 3.04. The van der Waals surface area contributed by atoms with Crippen LogP contribution in [0.25, 0.3) is 0 Å². The fraction of sp³-hybridized carbons (Fsp3) is 0.462. The highest BCUT2D eigenvalue weighted by molar-refractivity contribution is 7.48. The summed E-state index contributed by atoms with van der Waals surface area (Å²) in [7, 11) is -3.45. The minimum Gasteiger partial charge on any atom is -0.462 e. The molecule has 1 aliphatic heterocycles. The van der Waals surface area contributed by atoms with Crippen molar-refractivity contribution in [2.75, 3.05) is 26.4 Å². The van der Waals surface area contributed by atoms with E-state index in [0.717, 1.165) is 18.2 Å². The number of esters is 1. The third-order valence-electron chi connectivity index (χ3n) is 3.16. The maximum atomic E-state index is 11.9. The molecule has 0 amide bonds. The van der Waals surface area contributed by atoms with Crippen molar-refractivity contribution in [2.24, 2.45) is 0 Å². The van der Waals surface area contributed by atoms with E-state index in [0.29, 0.717) is 12.8 Å². The predicted octanol–water partition coefficient (Wildman–Crippen LogP) is 2.61. The molecule has 26 heavy (non-hydrogen) atoms. The van der Waals surface area contributed by atoms with Gasteiger partial charge < -0.3 is 4.74 Å². The zero-order valence-electron chi connectivity index (χ0n) is 13.4. The van der Waals surface area contributed by atoms with E-state index in [9.17, 15) is 29.6 Å². The van der Waals surface area contributed by atoms with Gasteiger partial charge in [0.1, 0.15) is 0 Å². The highest BCUT2D eigenvalue weighted by Crippen LogP contribution is 2.52. The van der Waals surface area contributed by atoms with Gasteiger partial charge in [0.2, 0.25) is 0 Å². The van der Waals surface area contributed by atoms with Gasteiger partial charge in [0.05, 0.1) is 47.9 Å². The number of nitrogens with zero attached hydrogens (tertiary/aromatic N) is 2. The summed E-state index contributed by atoms with van der Waals surface area (Å²) in [6.07, 6.45) is 0.738. The third kappa shape index (κ3) is 5.56. The molecule has 1 aromatic rings. The topological polar surface area (TPSA) is 157 Å². The highest BCUT2D eigenvalue weighted by Gasteiger charge is 2.31. The molecule has 0 aromatic heterocycles. The van der Waals surface area contributed by atoms with Crippen LogP contribution in [0.5, 0.6) is 0 Å².